The molecule has 4 rings (SSSR count). The molecule has 2 aromatic carbocycles. The van der Waals surface area contributed by atoms with Crippen molar-refractivity contribution in [2.45, 2.75) is 37.7 Å². The lowest BCUT2D eigenvalue weighted by molar-refractivity contribution is -0.116. The zero-order valence-corrected chi connectivity index (χ0v) is 18.7. The van der Waals surface area contributed by atoms with Crippen molar-refractivity contribution >= 4 is 39.1 Å². The number of benzene rings is 2. The molecule has 0 fully saturated rings. The number of nitrogens with zero attached hydrogens (tertiary/aromatic N) is 2. The van der Waals surface area contributed by atoms with Gasteiger partial charge in [-0.3, -0.25) is 14.2 Å². The predicted octanol–water partition coefficient (Wildman–Crippen LogP) is 5.55. The van der Waals surface area contributed by atoms with Gasteiger partial charge in [0.1, 0.15) is 10.6 Å². The van der Waals surface area contributed by atoms with Gasteiger partial charge in [-0.05, 0) is 37.5 Å². The van der Waals surface area contributed by atoms with E-state index in [2.05, 4.69) is 0 Å². The number of Topliss-reactive ketones (excluding diaryl/α,β-unsaturated/α-hetero) is 1. The molecule has 0 spiro atoms. The second-order valence-corrected chi connectivity index (χ2v) is 9.53. The molecule has 152 valence electrons. The van der Waals surface area contributed by atoms with E-state index >= 15 is 0 Å². The molecular weight excluding hydrogens is 412 g/mol. The van der Waals surface area contributed by atoms with Gasteiger partial charge in [-0.2, -0.15) is 0 Å². The summed E-state index contributed by atoms with van der Waals surface area (Å²) in [6.07, 6.45) is 0. The Kier molecular flexibility index (Phi) is 5.88. The number of rotatable bonds is 6. The van der Waals surface area contributed by atoms with Gasteiger partial charge in [0.15, 0.2) is 5.16 Å². The van der Waals surface area contributed by atoms with E-state index in [9.17, 15) is 9.59 Å². The summed E-state index contributed by atoms with van der Waals surface area (Å²) in [5, 5.41) is 0.832. The first-order chi connectivity index (χ1) is 14.5. The first kappa shape index (κ1) is 20.6. The third-order valence-corrected chi connectivity index (χ3v) is 7.60. The average Bonchev–Trinajstić information content (AvgIpc) is 3.03. The smallest absolute Gasteiger partial charge is 0.263 e. The van der Waals surface area contributed by atoms with E-state index in [1.165, 1.54) is 23.1 Å². The molecule has 0 aliphatic carbocycles. The van der Waals surface area contributed by atoms with Crippen molar-refractivity contribution in [1.82, 2.24) is 9.55 Å². The van der Waals surface area contributed by atoms with E-state index < -0.39 is 5.25 Å². The van der Waals surface area contributed by atoms with Gasteiger partial charge >= 0.3 is 0 Å². The second kappa shape index (κ2) is 8.58. The van der Waals surface area contributed by atoms with Crippen LogP contribution in [0.2, 0.25) is 0 Å². The van der Waals surface area contributed by atoms with Gasteiger partial charge in [0, 0.05) is 4.88 Å². The van der Waals surface area contributed by atoms with Crippen LogP contribution in [0, 0.1) is 13.8 Å². The highest BCUT2D eigenvalue weighted by Crippen LogP contribution is 2.36. The number of fused-ring (bicyclic) bond motifs is 1. The molecule has 0 radical (unpaired) electrons. The van der Waals surface area contributed by atoms with Gasteiger partial charge in [0.25, 0.3) is 5.56 Å². The molecule has 0 aliphatic heterocycles. The van der Waals surface area contributed by atoms with Crippen molar-refractivity contribution in [3.05, 3.63) is 92.6 Å². The number of thioether (sulfide) groups is 1. The normalized spacial score (nSPS) is 12.2. The monoisotopic (exact) mass is 434 g/mol. The van der Waals surface area contributed by atoms with Crippen molar-refractivity contribution < 1.29 is 4.79 Å². The highest BCUT2D eigenvalue weighted by Gasteiger charge is 2.23. The number of aromatic nitrogens is 2. The fraction of sp³-hybridized carbons (Fsp3) is 0.208. The Labute approximate surface area is 183 Å². The molecule has 2 heterocycles. The number of ketones is 1. The Hall–Kier alpha value is -2.70. The number of hydrogen-bond donors (Lipinski definition) is 0. The van der Waals surface area contributed by atoms with E-state index in [4.69, 9.17) is 4.98 Å². The first-order valence-corrected chi connectivity index (χ1v) is 11.4. The number of hydrogen-bond acceptors (Lipinski definition) is 5. The molecule has 0 bridgehead atoms. The zero-order chi connectivity index (χ0) is 21.3. The van der Waals surface area contributed by atoms with Gasteiger partial charge < -0.3 is 0 Å². The van der Waals surface area contributed by atoms with Gasteiger partial charge in [-0.1, -0.05) is 72.4 Å². The highest BCUT2D eigenvalue weighted by atomic mass is 32.2. The van der Waals surface area contributed by atoms with Crippen LogP contribution in [-0.4, -0.2) is 15.3 Å². The molecular formula is C24H22N2O2S2. The Balaban J connectivity index is 1.87. The SMILES string of the molecule is CC(=O)[C@@H](Sc1nc2sc(C)c(C)c2c(=O)n1Cc1ccccc1)c1ccccc1. The van der Waals surface area contributed by atoms with Gasteiger partial charge in [0.05, 0.1) is 17.2 Å². The van der Waals surface area contributed by atoms with Crippen molar-refractivity contribution in [1.29, 1.82) is 0 Å². The van der Waals surface area contributed by atoms with Crippen LogP contribution in [0.1, 0.15) is 33.7 Å². The summed E-state index contributed by atoms with van der Waals surface area (Å²) in [6.45, 7) is 5.98. The Bertz CT molecular complexity index is 1260. The lowest BCUT2D eigenvalue weighted by atomic mass is 10.1. The molecule has 0 amide bonds. The summed E-state index contributed by atoms with van der Waals surface area (Å²) in [4.78, 5) is 32.7. The fourth-order valence-electron chi connectivity index (χ4n) is 3.42. The molecule has 0 N–H and O–H groups in total. The summed E-state index contributed by atoms with van der Waals surface area (Å²) in [5.74, 6) is 0.0327. The maximum Gasteiger partial charge on any atom is 0.263 e. The summed E-state index contributed by atoms with van der Waals surface area (Å²) in [6, 6.07) is 19.5. The molecule has 1 atom stereocenters. The lowest BCUT2D eigenvalue weighted by Gasteiger charge is -2.17. The summed E-state index contributed by atoms with van der Waals surface area (Å²) < 4.78 is 1.71. The molecule has 0 saturated heterocycles. The van der Waals surface area contributed by atoms with E-state index in [-0.39, 0.29) is 11.3 Å². The van der Waals surface area contributed by atoms with Gasteiger partial charge in [-0.15, -0.1) is 11.3 Å². The van der Waals surface area contributed by atoms with Crippen molar-refractivity contribution in [3.8, 4) is 0 Å². The van der Waals surface area contributed by atoms with E-state index in [0.29, 0.717) is 17.1 Å². The lowest BCUT2D eigenvalue weighted by Crippen LogP contribution is -2.24. The summed E-state index contributed by atoms with van der Waals surface area (Å²) in [7, 11) is 0. The fourth-order valence-corrected chi connectivity index (χ4v) is 5.59. The van der Waals surface area contributed by atoms with Gasteiger partial charge in [-0.25, -0.2) is 4.98 Å². The molecule has 4 nitrogen and oxygen atoms in total. The van der Waals surface area contributed by atoms with Crippen LogP contribution in [0.4, 0.5) is 0 Å². The number of carbonyl (C=O) groups excluding carboxylic acids is 1. The molecule has 0 saturated carbocycles. The molecule has 30 heavy (non-hydrogen) atoms. The molecule has 4 aromatic rings. The number of thiophene rings is 1. The van der Waals surface area contributed by atoms with Crippen LogP contribution in [0.3, 0.4) is 0 Å². The number of aryl methyl sites for hydroxylation is 2. The van der Waals surface area contributed by atoms with Crippen molar-refractivity contribution in [2.75, 3.05) is 0 Å². The number of carbonyl (C=O) groups is 1. The molecule has 0 unspecified atom stereocenters. The Morgan fingerprint density at radius 3 is 2.33 bits per heavy atom. The molecule has 0 aliphatic rings. The quantitative estimate of drug-likeness (QED) is 0.295. The largest absolute Gasteiger partial charge is 0.298 e. The van der Waals surface area contributed by atoms with Crippen LogP contribution in [-0.2, 0) is 11.3 Å². The standard InChI is InChI=1S/C24H22N2O2S2/c1-15-17(3)29-22-20(15)23(28)26(14-18-10-6-4-7-11-18)24(25-22)30-21(16(2)27)19-12-8-5-9-13-19/h4-13,21H,14H2,1-3H3/t21-/m1/s1. The summed E-state index contributed by atoms with van der Waals surface area (Å²) >= 11 is 2.88. The van der Waals surface area contributed by atoms with Crippen LogP contribution in [0.15, 0.2) is 70.6 Å². The van der Waals surface area contributed by atoms with Gasteiger partial charge in [0.2, 0.25) is 0 Å². The summed E-state index contributed by atoms with van der Waals surface area (Å²) in [5.41, 5.74) is 2.86. The third kappa shape index (κ3) is 3.98. The Morgan fingerprint density at radius 1 is 1.07 bits per heavy atom. The van der Waals surface area contributed by atoms with E-state index in [0.717, 1.165) is 26.4 Å². The zero-order valence-electron chi connectivity index (χ0n) is 17.1. The van der Waals surface area contributed by atoms with Crippen LogP contribution >= 0.6 is 23.1 Å². The third-order valence-electron chi connectivity index (χ3n) is 5.13. The highest BCUT2D eigenvalue weighted by molar-refractivity contribution is 8.00. The molecule has 2 aromatic heterocycles. The minimum absolute atomic E-state index is 0.0327. The van der Waals surface area contributed by atoms with Crippen molar-refractivity contribution in [3.63, 3.8) is 0 Å². The maximum atomic E-state index is 13.5. The van der Waals surface area contributed by atoms with Crippen LogP contribution < -0.4 is 5.56 Å². The maximum absolute atomic E-state index is 13.5. The van der Waals surface area contributed by atoms with E-state index in [1.807, 2.05) is 74.5 Å². The predicted molar refractivity (Wildman–Crippen MR) is 125 cm³/mol. The average molecular weight is 435 g/mol. The Morgan fingerprint density at radius 2 is 1.70 bits per heavy atom. The van der Waals surface area contributed by atoms with E-state index in [1.54, 1.807) is 11.5 Å². The van der Waals surface area contributed by atoms with Crippen LogP contribution in [0.25, 0.3) is 10.2 Å². The minimum Gasteiger partial charge on any atom is -0.298 e. The minimum atomic E-state index is -0.417. The second-order valence-electron chi connectivity index (χ2n) is 7.25. The molecule has 6 heteroatoms. The topological polar surface area (TPSA) is 52.0 Å². The first-order valence-electron chi connectivity index (χ1n) is 9.72. The van der Waals surface area contributed by atoms with Crippen molar-refractivity contribution in [2.24, 2.45) is 0 Å². The van der Waals surface area contributed by atoms with Crippen LogP contribution in [0.5, 0.6) is 0 Å².